The normalized spacial score (nSPS) is 11.5. The number of benzene rings is 2. The molecule has 0 fully saturated rings. The van der Waals surface area contributed by atoms with Gasteiger partial charge in [-0.2, -0.15) is 0 Å². The highest BCUT2D eigenvalue weighted by molar-refractivity contribution is 5.94. The Morgan fingerprint density at radius 2 is 1.52 bits per heavy atom. The second-order valence-corrected chi connectivity index (χ2v) is 5.16. The van der Waals surface area contributed by atoms with Crippen LogP contribution in [0, 0.1) is 6.92 Å². The van der Waals surface area contributed by atoms with Crippen molar-refractivity contribution in [3.8, 4) is 17.2 Å². The molecule has 5 nitrogen and oxygen atoms in total. The Kier molecular flexibility index (Phi) is 5.46. The minimum absolute atomic E-state index is 0.249. The molecular formula is C18H21NO4. The predicted octanol–water partition coefficient (Wildman–Crippen LogP) is 3.42. The Balaban J connectivity index is 2.04. The van der Waals surface area contributed by atoms with Crippen molar-refractivity contribution >= 4 is 11.6 Å². The summed E-state index contributed by atoms with van der Waals surface area (Å²) in [4.78, 5) is 12.3. The largest absolute Gasteiger partial charge is 0.497 e. The molecule has 0 aromatic heterocycles. The minimum Gasteiger partial charge on any atom is -0.497 e. The molecule has 0 radical (unpaired) electrons. The Hall–Kier alpha value is -2.69. The van der Waals surface area contributed by atoms with E-state index >= 15 is 0 Å². The van der Waals surface area contributed by atoms with Crippen molar-refractivity contribution in [1.82, 2.24) is 0 Å². The molecule has 0 spiro atoms. The number of hydrogen-bond donors (Lipinski definition) is 1. The van der Waals surface area contributed by atoms with Gasteiger partial charge < -0.3 is 19.5 Å². The molecule has 0 aliphatic rings. The zero-order chi connectivity index (χ0) is 16.8. The van der Waals surface area contributed by atoms with Gasteiger partial charge in [-0.15, -0.1) is 0 Å². The Bertz CT molecular complexity index is 645. The first-order chi connectivity index (χ1) is 11.0. The SMILES string of the molecule is COc1cc(NC(=O)C(C)Oc2ccc(C)cc2)cc(OC)c1. The van der Waals surface area contributed by atoms with Crippen molar-refractivity contribution in [1.29, 1.82) is 0 Å². The fraction of sp³-hybridized carbons (Fsp3) is 0.278. The van der Waals surface area contributed by atoms with Crippen molar-refractivity contribution < 1.29 is 19.0 Å². The molecule has 2 aromatic rings. The smallest absolute Gasteiger partial charge is 0.265 e. The van der Waals surface area contributed by atoms with E-state index in [0.29, 0.717) is 22.9 Å². The predicted molar refractivity (Wildman–Crippen MR) is 89.4 cm³/mol. The lowest BCUT2D eigenvalue weighted by molar-refractivity contribution is -0.122. The number of nitrogens with one attached hydrogen (secondary N) is 1. The van der Waals surface area contributed by atoms with Crippen LogP contribution in [0.1, 0.15) is 12.5 Å². The second-order valence-electron chi connectivity index (χ2n) is 5.16. The van der Waals surface area contributed by atoms with E-state index in [1.54, 1.807) is 39.3 Å². The van der Waals surface area contributed by atoms with E-state index in [2.05, 4.69) is 5.32 Å². The summed E-state index contributed by atoms with van der Waals surface area (Å²) < 4.78 is 16.0. The van der Waals surface area contributed by atoms with Crippen LogP contribution in [0.2, 0.25) is 0 Å². The summed E-state index contributed by atoms with van der Waals surface area (Å²) in [5.74, 6) is 1.61. The quantitative estimate of drug-likeness (QED) is 0.887. The molecule has 2 aromatic carbocycles. The molecule has 1 atom stereocenters. The third kappa shape index (κ3) is 4.64. The maximum atomic E-state index is 12.3. The van der Waals surface area contributed by atoms with Gasteiger partial charge in [0.1, 0.15) is 17.2 Å². The van der Waals surface area contributed by atoms with Crippen molar-refractivity contribution in [2.75, 3.05) is 19.5 Å². The summed E-state index contributed by atoms with van der Waals surface area (Å²) in [5, 5.41) is 2.80. The fourth-order valence-corrected chi connectivity index (χ4v) is 2.00. The van der Waals surface area contributed by atoms with Crippen molar-refractivity contribution in [2.24, 2.45) is 0 Å². The average molecular weight is 315 g/mol. The standard InChI is InChI=1S/C18H21NO4/c1-12-5-7-15(8-6-12)23-13(2)18(20)19-14-9-16(21-3)11-17(10-14)22-4/h5-11,13H,1-4H3,(H,19,20). The summed E-state index contributed by atoms with van der Waals surface area (Å²) in [6.45, 7) is 3.70. The molecule has 1 N–H and O–H groups in total. The van der Waals surface area contributed by atoms with E-state index in [1.165, 1.54) is 0 Å². The molecule has 0 bridgehead atoms. The lowest BCUT2D eigenvalue weighted by Crippen LogP contribution is -2.30. The zero-order valence-electron chi connectivity index (χ0n) is 13.8. The molecule has 0 heterocycles. The molecule has 0 aliphatic carbocycles. The van der Waals surface area contributed by atoms with Gasteiger partial charge in [0, 0.05) is 23.9 Å². The van der Waals surface area contributed by atoms with E-state index in [0.717, 1.165) is 5.56 Å². The summed E-state index contributed by atoms with van der Waals surface area (Å²) >= 11 is 0. The molecule has 0 saturated carbocycles. The van der Waals surface area contributed by atoms with E-state index in [1.807, 2.05) is 31.2 Å². The monoisotopic (exact) mass is 315 g/mol. The van der Waals surface area contributed by atoms with Gasteiger partial charge in [-0.25, -0.2) is 0 Å². The average Bonchev–Trinajstić information content (AvgIpc) is 2.56. The second kappa shape index (κ2) is 7.54. The van der Waals surface area contributed by atoms with E-state index < -0.39 is 6.10 Å². The van der Waals surface area contributed by atoms with Crippen LogP contribution in [0.25, 0.3) is 0 Å². The fourth-order valence-electron chi connectivity index (χ4n) is 2.00. The van der Waals surface area contributed by atoms with Gasteiger partial charge in [-0.3, -0.25) is 4.79 Å². The van der Waals surface area contributed by atoms with Gasteiger partial charge in [0.2, 0.25) is 0 Å². The van der Waals surface area contributed by atoms with Gasteiger partial charge in [0.15, 0.2) is 6.10 Å². The highest BCUT2D eigenvalue weighted by Gasteiger charge is 2.15. The molecule has 0 saturated heterocycles. The number of aryl methyl sites for hydroxylation is 1. The van der Waals surface area contributed by atoms with Gasteiger partial charge in [-0.1, -0.05) is 17.7 Å². The van der Waals surface area contributed by atoms with Crippen LogP contribution in [0.15, 0.2) is 42.5 Å². The minimum atomic E-state index is -0.630. The van der Waals surface area contributed by atoms with Crippen molar-refractivity contribution in [2.45, 2.75) is 20.0 Å². The molecule has 23 heavy (non-hydrogen) atoms. The number of carbonyl (C=O) groups excluding carboxylic acids is 1. The molecule has 122 valence electrons. The molecule has 0 aliphatic heterocycles. The van der Waals surface area contributed by atoms with Crippen LogP contribution >= 0.6 is 0 Å². The van der Waals surface area contributed by atoms with Crippen LogP contribution < -0.4 is 19.5 Å². The number of anilines is 1. The third-order valence-corrected chi connectivity index (χ3v) is 3.32. The third-order valence-electron chi connectivity index (χ3n) is 3.32. The maximum Gasteiger partial charge on any atom is 0.265 e. The Morgan fingerprint density at radius 1 is 0.957 bits per heavy atom. The Morgan fingerprint density at radius 3 is 2.04 bits per heavy atom. The number of ether oxygens (including phenoxy) is 3. The molecule has 1 unspecified atom stereocenters. The topological polar surface area (TPSA) is 56.8 Å². The number of methoxy groups -OCH3 is 2. The number of rotatable bonds is 6. The Labute approximate surface area is 136 Å². The van der Waals surface area contributed by atoms with E-state index in [-0.39, 0.29) is 5.91 Å². The van der Waals surface area contributed by atoms with Gasteiger partial charge in [-0.05, 0) is 26.0 Å². The van der Waals surface area contributed by atoms with E-state index in [4.69, 9.17) is 14.2 Å². The molecule has 5 heteroatoms. The summed E-state index contributed by atoms with van der Waals surface area (Å²) in [6.07, 6.45) is -0.630. The lowest BCUT2D eigenvalue weighted by Gasteiger charge is -2.16. The molecule has 1 amide bonds. The first kappa shape index (κ1) is 16.7. The highest BCUT2D eigenvalue weighted by atomic mass is 16.5. The van der Waals surface area contributed by atoms with Crippen molar-refractivity contribution in [3.63, 3.8) is 0 Å². The summed E-state index contributed by atoms with van der Waals surface area (Å²) in [6, 6.07) is 12.7. The molecule has 2 rings (SSSR count). The van der Waals surface area contributed by atoms with Crippen LogP contribution in [-0.2, 0) is 4.79 Å². The van der Waals surface area contributed by atoms with Gasteiger partial charge in [0.25, 0.3) is 5.91 Å². The number of amides is 1. The van der Waals surface area contributed by atoms with Crippen LogP contribution in [0.4, 0.5) is 5.69 Å². The maximum absolute atomic E-state index is 12.3. The van der Waals surface area contributed by atoms with Gasteiger partial charge in [0.05, 0.1) is 14.2 Å². The number of hydrogen-bond acceptors (Lipinski definition) is 4. The van der Waals surface area contributed by atoms with E-state index in [9.17, 15) is 4.79 Å². The van der Waals surface area contributed by atoms with Gasteiger partial charge >= 0.3 is 0 Å². The summed E-state index contributed by atoms with van der Waals surface area (Å²) in [7, 11) is 3.12. The van der Waals surface area contributed by atoms with Crippen molar-refractivity contribution in [3.05, 3.63) is 48.0 Å². The van der Waals surface area contributed by atoms with Crippen LogP contribution in [0.5, 0.6) is 17.2 Å². The zero-order valence-corrected chi connectivity index (χ0v) is 13.8. The van der Waals surface area contributed by atoms with Crippen LogP contribution in [0.3, 0.4) is 0 Å². The highest BCUT2D eigenvalue weighted by Crippen LogP contribution is 2.26. The molecular weight excluding hydrogens is 294 g/mol. The van der Waals surface area contributed by atoms with Crippen LogP contribution in [-0.4, -0.2) is 26.2 Å². The lowest BCUT2D eigenvalue weighted by atomic mass is 10.2. The summed E-state index contributed by atoms with van der Waals surface area (Å²) in [5.41, 5.74) is 1.73. The first-order valence-electron chi connectivity index (χ1n) is 7.29. The number of carbonyl (C=O) groups is 1. The first-order valence-corrected chi connectivity index (χ1v) is 7.29.